The number of hydrogen-bond donors (Lipinski definition) is 1. The average Bonchev–Trinajstić information content (AvgIpc) is 3.59. The molecule has 0 bridgehead atoms. The van der Waals surface area contributed by atoms with Crippen LogP contribution in [0.4, 0.5) is 8.78 Å². The summed E-state index contributed by atoms with van der Waals surface area (Å²) in [7, 11) is 0. The average molecular weight is 468 g/mol. The summed E-state index contributed by atoms with van der Waals surface area (Å²) < 4.78 is 30.0. The number of halogens is 2. The van der Waals surface area contributed by atoms with E-state index in [1.165, 1.54) is 12.4 Å². The first-order chi connectivity index (χ1) is 15.9. The van der Waals surface area contributed by atoms with Gasteiger partial charge < -0.3 is 0 Å². The number of nitrogens with one attached hydrogen (secondary N) is 1. The maximum atomic E-state index is 13.6. The molecule has 0 aliphatic rings. The van der Waals surface area contributed by atoms with E-state index in [2.05, 4.69) is 30.5 Å². The van der Waals surface area contributed by atoms with Gasteiger partial charge in [0.15, 0.2) is 11.4 Å². The van der Waals surface area contributed by atoms with Crippen LogP contribution in [0.1, 0.15) is 52.4 Å². The number of imidazole rings is 1. The van der Waals surface area contributed by atoms with Gasteiger partial charge in [-0.15, -0.1) is 16.4 Å². The molecule has 168 valence electrons. The number of nitrogens with zero attached hydrogens (tertiary/aromatic N) is 7. The summed E-state index contributed by atoms with van der Waals surface area (Å²) in [6.07, 6.45) is 3.10. The fourth-order valence-corrected chi connectivity index (χ4v) is 4.53. The van der Waals surface area contributed by atoms with E-state index < -0.39 is 6.43 Å². The number of alkyl halides is 2. The van der Waals surface area contributed by atoms with Crippen LogP contribution in [-0.4, -0.2) is 45.3 Å². The molecule has 0 aliphatic heterocycles. The molecular weight excluding hydrogens is 450 g/mol. The number of thiophene rings is 1. The van der Waals surface area contributed by atoms with E-state index in [4.69, 9.17) is 0 Å². The molecule has 0 radical (unpaired) electrons. The quantitative estimate of drug-likeness (QED) is 0.355. The number of carbonyl (C=O) groups is 1. The largest absolute Gasteiger partial charge is 0.296 e. The lowest BCUT2D eigenvalue weighted by Gasteiger charge is -2.12. The second kappa shape index (κ2) is 8.28. The number of fused-ring (bicyclic) bond motifs is 1. The Morgan fingerprint density at radius 1 is 1.24 bits per heavy atom. The van der Waals surface area contributed by atoms with Gasteiger partial charge >= 0.3 is 0 Å². The number of hydrogen-bond acceptors (Lipinski definition) is 7. The summed E-state index contributed by atoms with van der Waals surface area (Å²) in [5, 5.41) is 14.1. The smallest absolute Gasteiger partial charge is 0.282 e. The van der Waals surface area contributed by atoms with E-state index >= 15 is 0 Å². The van der Waals surface area contributed by atoms with E-state index in [1.807, 2.05) is 26.0 Å². The van der Waals surface area contributed by atoms with Gasteiger partial charge in [0.25, 0.3) is 6.43 Å². The van der Waals surface area contributed by atoms with Gasteiger partial charge in [0.05, 0.1) is 23.0 Å². The third-order valence-electron chi connectivity index (χ3n) is 5.32. The van der Waals surface area contributed by atoms with Crippen molar-refractivity contribution < 1.29 is 13.6 Å². The van der Waals surface area contributed by atoms with Crippen molar-refractivity contribution in [2.45, 2.75) is 32.6 Å². The molecule has 1 atom stereocenters. The molecule has 9 nitrogen and oxygen atoms in total. The zero-order chi connectivity index (χ0) is 23.1. The van der Waals surface area contributed by atoms with Gasteiger partial charge in [-0.1, -0.05) is 12.1 Å². The van der Waals surface area contributed by atoms with Gasteiger partial charge in [-0.05, 0) is 25.1 Å². The maximum Gasteiger partial charge on any atom is 0.282 e. The SMILES string of the molecule is Cc1ccc(-c2cnc3c(-n4nncc4C(F)F)cc(C(=O)CC(C)c4ncn[nH]4)cn23)s1. The number of aromatic amines is 1. The predicted octanol–water partition coefficient (Wildman–Crippen LogP) is 4.38. The molecule has 0 saturated carbocycles. The molecule has 0 amide bonds. The molecular formula is C21H18F2N8OS. The van der Waals surface area contributed by atoms with Crippen molar-refractivity contribution in [2.75, 3.05) is 0 Å². The van der Waals surface area contributed by atoms with Gasteiger partial charge in [-0.25, -0.2) is 23.4 Å². The molecule has 33 heavy (non-hydrogen) atoms. The summed E-state index contributed by atoms with van der Waals surface area (Å²) in [6.45, 7) is 3.86. The molecule has 5 aromatic heterocycles. The number of H-pyrrole nitrogens is 1. The van der Waals surface area contributed by atoms with Crippen LogP contribution in [0.5, 0.6) is 0 Å². The number of aromatic nitrogens is 8. The molecule has 5 aromatic rings. The summed E-state index contributed by atoms with van der Waals surface area (Å²) in [5.74, 6) is 0.213. The molecule has 0 aliphatic carbocycles. The molecule has 0 saturated heterocycles. The zero-order valence-corrected chi connectivity index (χ0v) is 18.4. The third-order valence-corrected chi connectivity index (χ3v) is 6.34. The van der Waals surface area contributed by atoms with E-state index in [0.717, 1.165) is 26.3 Å². The summed E-state index contributed by atoms with van der Waals surface area (Å²) in [5.41, 5.74) is 1.35. The minimum Gasteiger partial charge on any atom is -0.296 e. The first-order valence-electron chi connectivity index (χ1n) is 10.1. The molecule has 0 fully saturated rings. The second-order valence-electron chi connectivity index (χ2n) is 7.63. The number of carbonyl (C=O) groups excluding carboxylic acids is 1. The maximum absolute atomic E-state index is 13.6. The standard InChI is InChI=1S/C21H18F2N8OS/c1-11(20-25-10-27-28-20)5-17(32)13-6-14(31-16(19(22)23)8-26-29-31)21-24-7-15(30(21)9-13)18-4-3-12(2)33-18/h3-4,6-11,19H,5H2,1-2H3,(H,25,27,28). The Bertz CT molecular complexity index is 1440. The second-order valence-corrected chi connectivity index (χ2v) is 8.92. The van der Waals surface area contributed by atoms with Crippen molar-refractivity contribution in [2.24, 2.45) is 0 Å². The van der Waals surface area contributed by atoms with Crippen LogP contribution in [0.3, 0.4) is 0 Å². The van der Waals surface area contributed by atoms with Crippen LogP contribution in [0, 0.1) is 6.92 Å². The van der Waals surface area contributed by atoms with Crippen LogP contribution in [0.25, 0.3) is 21.9 Å². The zero-order valence-electron chi connectivity index (χ0n) is 17.6. The van der Waals surface area contributed by atoms with Gasteiger partial charge in [-0.3, -0.25) is 14.3 Å². The lowest BCUT2D eigenvalue weighted by molar-refractivity contribution is 0.0974. The van der Waals surface area contributed by atoms with E-state index in [-0.39, 0.29) is 29.5 Å². The lowest BCUT2D eigenvalue weighted by atomic mass is 10.00. The van der Waals surface area contributed by atoms with E-state index in [1.54, 1.807) is 28.1 Å². The van der Waals surface area contributed by atoms with Crippen molar-refractivity contribution in [3.05, 3.63) is 65.1 Å². The molecule has 5 heterocycles. The highest BCUT2D eigenvalue weighted by Gasteiger charge is 2.23. The Labute approximate surface area is 190 Å². The Morgan fingerprint density at radius 3 is 2.79 bits per heavy atom. The molecule has 12 heteroatoms. The highest BCUT2D eigenvalue weighted by Crippen LogP contribution is 2.32. The van der Waals surface area contributed by atoms with E-state index in [9.17, 15) is 13.6 Å². The Morgan fingerprint density at radius 2 is 2.09 bits per heavy atom. The first kappa shape index (κ1) is 21.1. The van der Waals surface area contributed by atoms with E-state index in [0.29, 0.717) is 17.0 Å². The van der Waals surface area contributed by atoms with Gasteiger partial charge in [-0.2, -0.15) is 5.10 Å². The van der Waals surface area contributed by atoms with Crippen LogP contribution < -0.4 is 0 Å². The van der Waals surface area contributed by atoms with Crippen molar-refractivity contribution >= 4 is 22.8 Å². The highest BCUT2D eigenvalue weighted by atomic mass is 32.1. The van der Waals surface area contributed by atoms with Crippen LogP contribution in [-0.2, 0) is 0 Å². The van der Waals surface area contributed by atoms with Gasteiger partial charge in [0.2, 0.25) is 0 Å². The number of Topliss-reactive ketones (excluding diaryl/α,β-unsaturated/α-hetero) is 1. The monoisotopic (exact) mass is 468 g/mol. The van der Waals surface area contributed by atoms with Gasteiger partial charge in [0.1, 0.15) is 23.5 Å². The summed E-state index contributed by atoms with van der Waals surface area (Å²) in [4.78, 5) is 23.9. The normalized spacial score (nSPS) is 12.6. The molecule has 1 N–H and O–H groups in total. The fourth-order valence-electron chi connectivity index (χ4n) is 3.66. The number of aryl methyl sites for hydroxylation is 1. The molecule has 5 rings (SSSR count). The lowest BCUT2D eigenvalue weighted by Crippen LogP contribution is -2.11. The van der Waals surface area contributed by atoms with Crippen molar-refractivity contribution in [3.63, 3.8) is 0 Å². The Balaban J connectivity index is 1.66. The summed E-state index contributed by atoms with van der Waals surface area (Å²) >= 11 is 1.57. The summed E-state index contributed by atoms with van der Waals surface area (Å²) in [6, 6.07) is 5.48. The Kier molecular flexibility index (Phi) is 5.29. The Hall–Kier alpha value is -3.80. The number of ketones is 1. The fraction of sp³-hybridized carbons (Fsp3) is 0.238. The first-order valence-corrected chi connectivity index (χ1v) is 10.9. The molecule has 1 unspecified atom stereocenters. The van der Waals surface area contributed by atoms with Gasteiger partial charge in [0, 0.05) is 29.0 Å². The number of pyridine rings is 1. The predicted molar refractivity (Wildman–Crippen MR) is 117 cm³/mol. The van der Waals surface area contributed by atoms with Crippen molar-refractivity contribution in [1.82, 2.24) is 39.6 Å². The van der Waals surface area contributed by atoms with Crippen LogP contribution in [0.2, 0.25) is 0 Å². The van der Waals surface area contributed by atoms with Crippen molar-refractivity contribution in [3.8, 4) is 16.3 Å². The highest BCUT2D eigenvalue weighted by molar-refractivity contribution is 7.15. The molecule has 0 aromatic carbocycles. The molecule has 0 spiro atoms. The van der Waals surface area contributed by atoms with Crippen LogP contribution >= 0.6 is 11.3 Å². The minimum absolute atomic E-state index is 0.154. The van der Waals surface area contributed by atoms with Crippen LogP contribution in [0.15, 0.2) is 43.1 Å². The number of rotatable bonds is 7. The third kappa shape index (κ3) is 3.82. The van der Waals surface area contributed by atoms with Crippen molar-refractivity contribution in [1.29, 1.82) is 0 Å². The topological polar surface area (TPSA) is 107 Å². The minimum atomic E-state index is -2.79.